The molecule has 11 heteroatoms. The SMILES string of the molecule is O=C(Nc1nc2ccccc2s1)c1ccccc1NS(=O)(=O)c1ccc2[nH]c(=O)[nH]c2c1. The third-order valence-electron chi connectivity index (χ3n) is 4.73. The number of H-pyrrole nitrogens is 2. The summed E-state index contributed by atoms with van der Waals surface area (Å²) in [6.07, 6.45) is 0. The summed E-state index contributed by atoms with van der Waals surface area (Å²) >= 11 is 1.33. The number of carbonyl (C=O) groups excluding carboxylic acids is 1. The average Bonchev–Trinajstić information content (AvgIpc) is 3.34. The molecule has 0 saturated carbocycles. The van der Waals surface area contributed by atoms with Crippen LogP contribution in [0.25, 0.3) is 21.3 Å². The molecule has 32 heavy (non-hydrogen) atoms. The second-order valence-corrected chi connectivity index (χ2v) is 9.59. The third kappa shape index (κ3) is 3.74. The van der Waals surface area contributed by atoms with Gasteiger partial charge in [0.25, 0.3) is 15.9 Å². The van der Waals surface area contributed by atoms with E-state index in [1.165, 1.54) is 41.7 Å². The fraction of sp³-hybridized carbons (Fsp3) is 0. The van der Waals surface area contributed by atoms with Crippen LogP contribution in [0.15, 0.2) is 76.4 Å². The molecule has 0 spiro atoms. The first-order valence-corrected chi connectivity index (χ1v) is 11.7. The first-order valence-electron chi connectivity index (χ1n) is 9.40. The number of anilines is 2. The molecular formula is C21H15N5O4S2. The van der Waals surface area contributed by atoms with Crippen LogP contribution in [0.3, 0.4) is 0 Å². The van der Waals surface area contributed by atoms with Crippen LogP contribution < -0.4 is 15.7 Å². The average molecular weight is 466 g/mol. The number of para-hydroxylation sites is 2. The van der Waals surface area contributed by atoms with E-state index in [-0.39, 0.29) is 16.1 Å². The zero-order chi connectivity index (χ0) is 22.3. The largest absolute Gasteiger partial charge is 0.323 e. The van der Waals surface area contributed by atoms with E-state index >= 15 is 0 Å². The molecule has 0 bridgehead atoms. The standard InChI is InChI=1S/C21H15N5O4S2/c27-19(25-21-24-16-7-3-4-8-18(16)31-21)13-5-1-2-6-14(13)26-32(29,30)12-9-10-15-17(11-12)23-20(28)22-15/h1-11,26H,(H2,22,23,28)(H,24,25,27). The Morgan fingerprint density at radius 3 is 2.53 bits per heavy atom. The maximum Gasteiger partial charge on any atom is 0.323 e. The lowest BCUT2D eigenvalue weighted by Gasteiger charge is -2.12. The predicted molar refractivity (Wildman–Crippen MR) is 124 cm³/mol. The Morgan fingerprint density at radius 1 is 0.938 bits per heavy atom. The van der Waals surface area contributed by atoms with Gasteiger partial charge in [-0.15, -0.1) is 0 Å². The second kappa shape index (κ2) is 7.62. The number of benzene rings is 3. The van der Waals surface area contributed by atoms with Gasteiger partial charge in [0, 0.05) is 0 Å². The lowest BCUT2D eigenvalue weighted by molar-refractivity contribution is 0.102. The molecule has 5 aromatic rings. The number of thiazole rings is 1. The molecule has 0 atom stereocenters. The topological polar surface area (TPSA) is 137 Å². The number of rotatable bonds is 5. The summed E-state index contributed by atoms with van der Waals surface area (Å²) in [6.45, 7) is 0. The van der Waals surface area contributed by atoms with Crippen LogP contribution in [-0.4, -0.2) is 29.3 Å². The van der Waals surface area contributed by atoms with Crippen LogP contribution in [0.4, 0.5) is 10.8 Å². The van der Waals surface area contributed by atoms with E-state index in [4.69, 9.17) is 0 Å². The van der Waals surface area contributed by atoms with Gasteiger partial charge in [-0.05, 0) is 42.5 Å². The Morgan fingerprint density at radius 2 is 1.69 bits per heavy atom. The molecule has 4 N–H and O–H groups in total. The molecule has 3 aromatic carbocycles. The summed E-state index contributed by atoms with van der Waals surface area (Å²) in [5.41, 5.74) is 1.45. The van der Waals surface area contributed by atoms with Crippen LogP contribution in [0, 0.1) is 0 Å². The number of sulfonamides is 1. The van der Waals surface area contributed by atoms with Gasteiger partial charge in [-0.1, -0.05) is 35.6 Å². The number of nitrogens with zero attached hydrogens (tertiary/aromatic N) is 1. The number of hydrogen-bond donors (Lipinski definition) is 4. The molecule has 0 fully saturated rings. The summed E-state index contributed by atoms with van der Waals surface area (Å²) in [6, 6.07) is 18.0. The molecule has 0 aliphatic heterocycles. The maximum atomic E-state index is 12.9. The summed E-state index contributed by atoms with van der Waals surface area (Å²) in [5.74, 6) is -0.493. The van der Waals surface area contributed by atoms with E-state index in [9.17, 15) is 18.0 Å². The van der Waals surface area contributed by atoms with Crippen molar-refractivity contribution in [1.29, 1.82) is 0 Å². The lowest BCUT2D eigenvalue weighted by Crippen LogP contribution is -2.18. The summed E-state index contributed by atoms with van der Waals surface area (Å²) < 4.78 is 29.3. The number of hydrogen-bond acceptors (Lipinski definition) is 6. The molecule has 9 nitrogen and oxygen atoms in total. The van der Waals surface area contributed by atoms with E-state index in [1.807, 2.05) is 24.3 Å². The van der Waals surface area contributed by atoms with Gasteiger partial charge in [-0.3, -0.25) is 14.8 Å². The van der Waals surface area contributed by atoms with E-state index in [1.54, 1.807) is 12.1 Å². The first-order chi connectivity index (χ1) is 15.4. The molecule has 0 saturated heterocycles. The number of carbonyl (C=O) groups is 1. The Labute approximate surface area is 185 Å². The minimum atomic E-state index is -4.02. The number of aromatic amines is 2. The van der Waals surface area contributed by atoms with Gasteiger partial charge in [0.2, 0.25) is 0 Å². The minimum absolute atomic E-state index is 0.0540. The molecule has 2 heterocycles. The van der Waals surface area contributed by atoms with Crippen LogP contribution in [-0.2, 0) is 10.0 Å². The minimum Gasteiger partial charge on any atom is -0.306 e. The maximum absolute atomic E-state index is 12.9. The van der Waals surface area contributed by atoms with Crippen molar-refractivity contribution in [3.8, 4) is 0 Å². The zero-order valence-electron chi connectivity index (χ0n) is 16.2. The number of aromatic nitrogens is 3. The van der Waals surface area contributed by atoms with Crippen LogP contribution in [0.2, 0.25) is 0 Å². The van der Waals surface area contributed by atoms with Crippen LogP contribution >= 0.6 is 11.3 Å². The summed E-state index contributed by atoms with van der Waals surface area (Å²) in [7, 11) is -4.02. The molecule has 0 unspecified atom stereocenters. The van der Waals surface area contributed by atoms with Gasteiger partial charge < -0.3 is 9.97 Å². The van der Waals surface area contributed by atoms with Crippen molar-refractivity contribution in [1.82, 2.24) is 15.0 Å². The van der Waals surface area contributed by atoms with Gasteiger partial charge >= 0.3 is 5.69 Å². The van der Waals surface area contributed by atoms with Gasteiger partial charge in [0.05, 0.1) is 37.4 Å². The third-order valence-corrected chi connectivity index (χ3v) is 7.04. The Hall–Kier alpha value is -3.96. The van der Waals surface area contributed by atoms with Crippen LogP contribution in [0.5, 0.6) is 0 Å². The Balaban J connectivity index is 1.44. The first kappa shape index (κ1) is 20.0. The van der Waals surface area contributed by atoms with E-state index in [2.05, 4.69) is 25.0 Å². The molecule has 2 aromatic heterocycles. The molecule has 160 valence electrons. The highest BCUT2D eigenvalue weighted by molar-refractivity contribution is 7.92. The molecule has 0 aliphatic rings. The van der Waals surface area contributed by atoms with Gasteiger partial charge in [-0.2, -0.15) is 0 Å². The molecular weight excluding hydrogens is 450 g/mol. The number of nitrogens with one attached hydrogen (secondary N) is 4. The van der Waals surface area contributed by atoms with Crippen molar-refractivity contribution in [3.05, 3.63) is 82.8 Å². The van der Waals surface area contributed by atoms with Crippen molar-refractivity contribution in [2.45, 2.75) is 4.90 Å². The Kier molecular flexibility index (Phi) is 4.76. The molecule has 5 rings (SSSR count). The monoisotopic (exact) mass is 465 g/mol. The van der Waals surface area contributed by atoms with Crippen molar-refractivity contribution < 1.29 is 13.2 Å². The number of imidazole rings is 1. The van der Waals surface area contributed by atoms with Gasteiger partial charge in [0.15, 0.2) is 5.13 Å². The highest BCUT2D eigenvalue weighted by Gasteiger charge is 2.20. The van der Waals surface area contributed by atoms with Gasteiger partial charge in [0.1, 0.15) is 0 Å². The Bertz CT molecular complexity index is 1620. The van der Waals surface area contributed by atoms with Crippen molar-refractivity contribution in [2.24, 2.45) is 0 Å². The fourth-order valence-corrected chi connectivity index (χ4v) is 5.21. The van der Waals surface area contributed by atoms with Crippen molar-refractivity contribution >= 4 is 59.3 Å². The van der Waals surface area contributed by atoms with E-state index in [0.717, 1.165) is 10.2 Å². The molecule has 0 radical (unpaired) electrons. The van der Waals surface area contributed by atoms with Gasteiger partial charge in [-0.25, -0.2) is 18.2 Å². The van der Waals surface area contributed by atoms with E-state index < -0.39 is 21.6 Å². The fourth-order valence-electron chi connectivity index (χ4n) is 3.24. The lowest BCUT2D eigenvalue weighted by atomic mass is 10.2. The second-order valence-electron chi connectivity index (χ2n) is 6.88. The summed E-state index contributed by atoms with van der Waals surface area (Å²) in [5, 5.41) is 3.14. The summed E-state index contributed by atoms with van der Waals surface area (Å²) in [4.78, 5) is 33.7. The normalized spacial score (nSPS) is 11.6. The number of amides is 1. The smallest absolute Gasteiger partial charge is 0.306 e. The quantitative estimate of drug-likeness (QED) is 0.315. The highest BCUT2D eigenvalue weighted by atomic mass is 32.2. The predicted octanol–water partition coefficient (Wildman–Crippen LogP) is 3.52. The molecule has 0 aliphatic carbocycles. The molecule has 1 amide bonds. The van der Waals surface area contributed by atoms with E-state index in [0.29, 0.717) is 16.2 Å². The van der Waals surface area contributed by atoms with Crippen LogP contribution in [0.1, 0.15) is 10.4 Å². The number of fused-ring (bicyclic) bond motifs is 2. The van der Waals surface area contributed by atoms with Crippen molar-refractivity contribution in [2.75, 3.05) is 10.0 Å². The van der Waals surface area contributed by atoms with Crippen molar-refractivity contribution in [3.63, 3.8) is 0 Å². The highest BCUT2D eigenvalue weighted by Crippen LogP contribution is 2.27. The zero-order valence-corrected chi connectivity index (χ0v) is 17.9.